The maximum absolute atomic E-state index is 13.2. The minimum absolute atomic E-state index is 0.184. The molecule has 0 bridgehead atoms. The maximum atomic E-state index is 13.2. The topological polar surface area (TPSA) is 57.5 Å². The van der Waals surface area contributed by atoms with Gasteiger partial charge >= 0.3 is 5.97 Å². The van der Waals surface area contributed by atoms with E-state index in [-0.39, 0.29) is 4.47 Å². The van der Waals surface area contributed by atoms with Gasteiger partial charge < -0.3 is 10.2 Å². The van der Waals surface area contributed by atoms with Crippen molar-refractivity contribution in [2.45, 2.75) is 12.5 Å². The number of carboxylic acids is 1. The normalized spacial score (nSPS) is 12.5. The molecule has 82 valence electrons. The van der Waals surface area contributed by atoms with Crippen molar-refractivity contribution in [1.82, 2.24) is 0 Å². The summed E-state index contributed by atoms with van der Waals surface area (Å²) in [6.07, 6.45) is -2.43. The first-order valence-electron chi connectivity index (χ1n) is 3.96. The average Bonchev–Trinajstić information content (AvgIpc) is 1.99. The van der Waals surface area contributed by atoms with E-state index in [4.69, 9.17) is 5.11 Å². The molecule has 0 heterocycles. The fraction of sp³-hybridized carbons (Fsp3) is 0.222. The highest BCUT2D eigenvalue weighted by Crippen LogP contribution is 2.26. The molecule has 1 rings (SSSR count). The molecule has 2 N–H and O–H groups in total. The second-order valence-corrected chi connectivity index (χ2v) is 3.81. The van der Waals surface area contributed by atoms with E-state index in [0.29, 0.717) is 0 Å². The molecule has 0 aliphatic heterocycles. The Morgan fingerprint density at radius 1 is 1.40 bits per heavy atom. The van der Waals surface area contributed by atoms with Crippen molar-refractivity contribution in [1.29, 1.82) is 0 Å². The summed E-state index contributed by atoms with van der Waals surface area (Å²) in [6.45, 7) is 0. The summed E-state index contributed by atoms with van der Waals surface area (Å²) in [5.41, 5.74) is -0.624. The van der Waals surface area contributed by atoms with Gasteiger partial charge in [0.2, 0.25) is 0 Å². The van der Waals surface area contributed by atoms with Gasteiger partial charge in [0.1, 0.15) is 11.6 Å². The van der Waals surface area contributed by atoms with E-state index >= 15 is 0 Å². The lowest BCUT2D eigenvalue weighted by Crippen LogP contribution is -2.09. The van der Waals surface area contributed by atoms with Crippen LogP contribution in [0.2, 0.25) is 0 Å². The van der Waals surface area contributed by atoms with Crippen molar-refractivity contribution in [2.75, 3.05) is 0 Å². The largest absolute Gasteiger partial charge is 0.481 e. The molecule has 0 saturated heterocycles. The van der Waals surface area contributed by atoms with E-state index in [0.717, 1.165) is 12.1 Å². The van der Waals surface area contributed by atoms with Crippen LogP contribution in [0, 0.1) is 11.6 Å². The Kier molecular flexibility index (Phi) is 3.76. The fourth-order valence-corrected chi connectivity index (χ4v) is 1.54. The minimum atomic E-state index is -1.68. The van der Waals surface area contributed by atoms with Gasteiger partial charge in [0.15, 0.2) is 0 Å². The number of rotatable bonds is 3. The summed E-state index contributed by atoms with van der Waals surface area (Å²) in [5, 5.41) is 17.6. The predicted molar refractivity (Wildman–Crippen MR) is 51.3 cm³/mol. The first kappa shape index (κ1) is 12.1. The van der Waals surface area contributed by atoms with E-state index in [2.05, 4.69) is 15.9 Å². The number of carboxylic acid groups (broad SMARTS) is 1. The van der Waals surface area contributed by atoms with Crippen molar-refractivity contribution >= 4 is 21.9 Å². The summed E-state index contributed by atoms with van der Waals surface area (Å²) in [7, 11) is 0. The summed E-state index contributed by atoms with van der Waals surface area (Å²) in [5.74, 6) is -3.28. The Labute approximate surface area is 92.5 Å². The lowest BCUT2D eigenvalue weighted by molar-refractivity contribution is -0.139. The zero-order chi connectivity index (χ0) is 11.6. The highest BCUT2D eigenvalue weighted by atomic mass is 79.9. The second kappa shape index (κ2) is 4.67. The average molecular weight is 281 g/mol. The zero-order valence-corrected chi connectivity index (χ0v) is 8.96. The van der Waals surface area contributed by atoms with E-state index < -0.39 is 35.7 Å². The molecule has 1 atom stereocenters. The predicted octanol–water partition coefficient (Wildman–Crippen LogP) is 2.24. The van der Waals surface area contributed by atoms with Gasteiger partial charge in [-0.05, 0) is 12.1 Å². The van der Waals surface area contributed by atoms with Crippen molar-refractivity contribution < 1.29 is 23.8 Å². The molecule has 3 nitrogen and oxygen atoms in total. The smallest absolute Gasteiger partial charge is 0.306 e. The number of aliphatic hydroxyl groups is 1. The van der Waals surface area contributed by atoms with E-state index in [1.807, 2.05) is 0 Å². The Morgan fingerprint density at radius 3 is 2.27 bits per heavy atom. The van der Waals surface area contributed by atoms with Crippen LogP contribution >= 0.6 is 15.9 Å². The third-order valence-electron chi connectivity index (χ3n) is 1.75. The molecule has 0 spiro atoms. The molecule has 0 aromatic heterocycles. The molecule has 0 saturated carbocycles. The van der Waals surface area contributed by atoms with Crippen LogP contribution in [0.1, 0.15) is 18.1 Å². The van der Waals surface area contributed by atoms with Gasteiger partial charge in [0.05, 0.1) is 18.1 Å². The summed E-state index contributed by atoms with van der Waals surface area (Å²) >= 11 is 2.87. The van der Waals surface area contributed by atoms with Crippen LogP contribution in [0.4, 0.5) is 8.78 Å². The molecule has 1 aromatic carbocycles. The van der Waals surface area contributed by atoms with Crippen molar-refractivity contribution in [3.63, 3.8) is 0 Å². The molecule has 1 aromatic rings. The molecule has 0 amide bonds. The van der Waals surface area contributed by atoms with Crippen LogP contribution in [0.5, 0.6) is 0 Å². The number of aliphatic hydroxyl groups excluding tert-OH is 1. The maximum Gasteiger partial charge on any atom is 0.306 e. The molecule has 6 heteroatoms. The molecule has 0 unspecified atom stereocenters. The van der Waals surface area contributed by atoms with Crippen molar-refractivity contribution in [3.05, 3.63) is 33.8 Å². The molecule has 0 aliphatic rings. The summed E-state index contributed by atoms with van der Waals surface area (Å²) < 4.78 is 26.6. The summed E-state index contributed by atoms with van der Waals surface area (Å²) in [4.78, 5) is 10.3. The third kappa shape index (κ3) is 2.97. The molecular weight excluding hydrogens is 274 g/mol. The van der Waals surface area contributed by atoms with Gasteiger partial charge in [0.25, 0.3) is 0 Å². The molecule has 0 fully saturated rings. The van der Waals surface area contributed by atoms with Crippen LogP contribution in [-0.2, 0) is 4.79 Å². The van der Waals surface area contributed by atoms with Crippen LogP contribution in [0.25, 0.3) is 0 Å². The van der Waals surface area contributed by atoms with Gasteiger partial charge in [-0.3, -0.25) is 4.79 Å². The molecule has 15 heavy (non-hydrogen) atoms. The lowest BCUT2D eigenvalue weighted by Gasteiger charge is -2.10. The molecule has 0 aliphatic carbocycles. The quantitative estimate of drug-likeness (QED) is 0.893. The van der Waals surface area contributed by atoms with Gasteiger partial charge in [-0.25, -0.2) is 8.78 Å². The van der Waals surface area contributed by atoms with Crippen LogP contribution in [-0.4, -0.2) is 16.2 Å². The number of hydrogen-bond acceptors (Lipinski definition) is 2. The highest BCUT2D eigenvalue weighted by Gasteiger charge is 2.21. The van der Waals surface area contributed by atoms with Crippen LogP contribution in [0.15, 0.2) is 16.6 Å². The molecule has 0 radical (unpaired) electrons. The third-order valence-corrected chi connectivity index (χ3v) is 2.20. The zero-order valence-electron chi connectivity index (χ0n) is 7.38. The van der Waals surface area contributed by atoms with Gasteiger partial charge in [-0.1, -0.05) is 15.9 Å². The standard InChI is InChI=1S/C9H7BrF2O3/c10-4-1-5(11)9(6(12)2-4)7(13)3-8(14)15/h1-2,7,13H,3H2,(H,14,15)/t7-/m0/s1. The first-order chi connectivity index (χ1) is 6.91. The lowest BCUT2D eigenvalue weighted by atomic mass is 10.1. The SMILES string of the molecule is O=C(O)C[C@H](O)c1c(F)cc(Br)cc1F. The Morgan fingerprint density at radius 2 is 1.87 bits per heavy atom. The van der Waals surface area contributed by atoms with Crippen LogP contribution in [0.3, 0.4) is 0 Å². The Bertz CT molecular complexity index is 372. The van der Waals surface area contributed by atoms with E-state index in [1.54, 1.807) is 0 Å². The van der Waals surface area contributed by atoms with Crippen LogP contribution < -0.4 is 0 Å². The van der Waals surface area contributed by atoms with Gasteiger partial charge in [-0.2, -0.15) is 0 Å². The second-order valence-electron chi connectivity index (χ2n) is 2.90. The monoisotopic (exact) mass is 280 g/mol. The molecular formula is C9H7BrF2O3. The summed E-state index contributed by atoms with van der Waals surface area (Å²) in [6, 6.07) is 1.92. The van der Waals surface area contributed by atoms with Gasteiger partial charge in [0, 0.05) is 4.47 Å². The Balaban J connectivity index is 3.08. The first-order valence-corrected chi connectivity index (χ1v) is 4.75. The highest BCUT2D eigenvalue weighted by molar-refractivity contribution is 9.10. The van der Waals surface area contributed by atoms with E-state index in [9.17, 15) is 18.7 Å². The van der Waals surface area contributed by atoms with E-state index in [1.165, 1.54) is 0 Å². The minimum Gasteiger partial charge on any atom is -0.481 e. The van der Waals surface area contributed by atoms with Crippen molar-refractivity contribution in [3.8, 4) is 0 Å². The number of aliphatic carboxylic acids is 1. The fourth-order valence-electron chi connectivity index (χ4n) is 1.14. The number of halogens is 3. The number of benzene rings is 1. The number of carbonyl (C=O) groups is 1. The van der Waals surface area contributed by atoms with Gasteiger partial charge in [-0.15, -0.1) is 0 Å². The van der Waals surface area contributed by atoms with Crippen molar-refractivity contribution in [2.24, 2.45) is 0 Å². The number of hydrogen-bond donors (Lipinski definition) is 2. The Hall–Kier alpha value is -1.01.